The molecule has 4 aliphatic rings. The van der Waals surface area contributed by atoms with Crippen LogP contribution in [-0.4, -0.2) is 45.1 Å². The molecule has 286 valence electrons. The predicted octanol–water partition coefficient (Wildman–Crippen LogP) is 10.2. The minimum atomic E-state index is -0.623. The van der Waals surface area contributed by atoms with E-state index in [2.05, 4.69) is 89.6 Å². The van der Waals surface area contributed by atoms with E-state index >= 15 is 0 Å². The number of hydrogen-bond acceptors (Lipinski definition) is 6. The van der Waals surface area contributed by atoms with Crippen LogP contribution in [0.4, 0.5) is 0 Å². The van der Waals surface area contributed by atoms with E-state index in [0.717, 1.165) is 94.5 Å². The second-order valence-corrected chi connectivity index (χ2v) is 15.2. The summed E-state index contributed by atoms with van der Waals surface area (Å²) >= 11 is 0. The number of aryl methyl sites for hydroxylation is 4. The van der Waals surface area contributed by atoms with Gasteiger partial charge in [-0.15, -0.1) is 0 Å². The molecular formula is C46H58N4O4. The zero-order valence-electron chi connectivity index (χ0n) is 34.1. The van der Waals surface area contributed by atoms with Gasteiger partial charge in [0, 0.05) is 45.4 Å². The lowest BCUT2D eigenvalue weighted by atomic mass is 9.67. The van der Waals surface area contributed by atoms with Crippen molar-refractivity contribution in [1.29, 1.82) is 0 Å². The predicted molar refractivity (Wildman–Crippen MR) is 218 cm³/mol. The van der Waals surface area contributed by atoms with Crippen LogP contribution in [0, 0.1) is 0 Å². The topological polar surface area (TPSA) is 110 Å². The summed E-state index contributed by atoms with van der Waals surface area (Å²) < 4.78 is 11.6. The maximum Gasteiger partial charge on any atom is 0.335 e. The van der Waals surface area contributed by atoms with Crippen molar-refractivity contribution in [2.24, 2.45) is 0 Å². The lowest BCUT2D eigenvalue weighted by Crippen LogP contribution is -2.34. The number of H-pyrrole nitrogens is 2. The quantitative estimate of drug-likeness (QED) is 0.180. The molecule has 2 aliphatic heterocycles. The molecule has 54 heavy (non-hydrogen) atoms. The van der Waals surface area contributed by atoms with E-state index in [0.29, 0.717) is 37.2 Å². The van der Waals surface area contributed by atoms with Gasteiger partial charge >= 0.3 is 11.9 Å². The largest absolute Gasteiger partial charge is 0.463 e. The SMILES string of the molecule is CCOC(=O)C1=Cc2c3nc(cc4[nH]c(cc5nc6c(c7[nH]c2c(CC)c7CC)C=C(C(=O)OCC)[C@@]6(CC)[C@@H]5CC)c(CC)c4CC)[C@H](CC)[C@@]13CC. The Bertz CT molecular complexity index is 2120. The molecule has 0 radical (unpaired) electrons. The van der Waals surface area contributed by atoms with Crippen LogP contribution in [-0.2, 0) is 55.6 Å². The van der Waals surface area contributed by atoms with E-state index in [4.69, 9.17) is 19.4 Å². The molecule has 3 aromatic heterocycles. The number of aromatic amines is 2. The summed E-state index contributed by atoms with van der Waals surface area (Å²) in [5, 5.41) is 0. The van der Waals surface area contributed by atoms with Crippen LogP contribution in [0.5, 0.6) is 0 Å². The van der Waals surface area contributed by atoms with Crippen molar-refractivity contribution in [3.63, 3.8) is 0 Å². The van der Waals surface area contributed by atoms with Crippen molar-refractivity contribution in [2.45, 2.75) is 143 Å². The molecular weight excluding hydrogens is 673 g/mol. The van der Waals surface area contributed by atoms with E-state index in [1.54, 1.807) is 0 Å². The van der Waals surface area contributed by atoms with Gasteiger partial charge in [0.1, 0.15) is 0 Å². The molecule has 3 aromatic rings. The minimum Gasteiger partial charge on any atom is -0.463 e. The summed E-state index contributed by atoms with van der Waals surface area (Å²) in [5.41, 5.74) is 15.0. The minimum absolute atomic E-state index is 0.0122. The first-order chi connectivity index (χ1) is 26.1. The number of carbonyl (C=O) groups is 2. The smallest absolute Gasteiger partial charge is 0.335 e. The molecule has 2 N–H and O–H groups in total. The van der Waals surface area contributed by atoms with E-state index in [1.165, 1.54) is 22.3 Å². The normalized spacial score (nSPS) is 22.4. The number of carbonyl (C=O) groups excluding carboxylic acids is 2. The molecule has 0 fully saturated rings. The van der Waals surface area contributed by atoms with Gasteiger partial charge in [0.05, 0.1) is 57.6 Å². The van der Waals surface area contributed by atoms with Gasteiger partial charge in [0.2, 0.25) is 0 Å². The van der Waals surface area contributed by atoms with Gasteiger partial charge in [-0.25, -0.2) is 9.59 Å². The standard InChI is InChI=1S/C46H58N4O4/c1-11-25-26(12-2)36-24-38-32(16-6)46(18-8)34(44(52)54-20-10)22-30(42(46)49-38)40-28(14-4)27(13-3)39(50-40)29-21-33(43(51)53-19-9)45(17-7)31(15-5)37(48-41(29)45)23-35(25)47-36/h21-24,31-32,47,50H,11-20H2,1-10H3/t31-,32+,45-,46+. The molecule has 0 spiro atoms. The number of ether oxygens (including phenoxy) is 2. The number of esters is 2. The van der Waals surface area contributed by atoms with Crippen molar-refractivity contribution >= 4 is 46.2 Å². The third kappa shape index (κ3) is 5.00. The first-order valence-electron chi connectivity index (χ1n) is 20.8. The van der Waals surface area contributed by atoms with Crippen LogP contribution < -0.4 is 0 Å². The fraction of sp³-hybridized carbons (Fsp3) is 0.522. The number of rotatable bonds is 12. The van der Waals surface area contributed by atoms with Crippen LogP contribution in [0.2, 0.25) is 0 Å². The third-order valence-electron chi connectivity index (χ3n) is 13.2. The van der Waals surface area contributed by atoms with Crippen LogP contribution in [0.15, 0.2) is 23.3 Å². The Morgan fingerprint density at radius 2 is 0.981 bits per heavy atom. The van der Waals surface area contributed by atoms with Crippen LogP contribution in [0.1, 0.15) is 163 Å². The lowest BCUT2D eigenvalue weighted by molar-refractivity contribution is -0.140. The van der Waals surface area contributed by atoms with Gasteiger partial charge in [-0.2, -0.15) is 0 Å². The van der Waals surface area contributed by atoms with Gasteiger partial charge in [-0.3, -0.25) is 9.97 Å². The zero-order chi connectivity index (χ0) is 38.7. The molecule has 0 saturated carbocycles. The summed E-state index contributed by atoms with van der Waals surface area (Å²) in [6.07, 6.45) is 10.5. The summed E-state index contributed by atoms with van der Waals surface area (Å²) in [6, 6.07) is 4.52. The second kappa shape index (κ2) is 14.3. The van der Waals surface area contributed by atoms with Gasteiger partial charge in [0.15, 0.2) is 0 Å². The van der Waals surface area contributed by atoms with Crippen LogP contribution in [0.3, 0.4) is 0 Å². The fourth-order valence-electron chi connectivity index (χ4n) is 11.0. The zero-order valence-corrected chi connectivity index (χ0v) is 34.1. The highest BCUT2D eigenvalue weighted by Crippen LogP contribution is 2.59. The highest BCUT2D eigenvalue weighted by molar-refractivity contribution is 6.05. The van der Waals surface area contributed by atoms with E-state index in [9.17, 15) is 9.59 Å². The van der Waals surface area contributed by atoms with E-state index < -0.39 is 10.8 Å². The van der Waals surface area contributed by atoms with Gasteiger partial charge in [0.25, 0.3) is 0 Å². The molecule has 0 amide bonds. The monoisotopic (exact) mass is 730 g/mol. The summed E-state index contributed by atoms with van der Waals surface area (Å²) in [7, 11) is 0. The highest BCUT2D eigenvalue weighted by Gasteiger charge is 2.56. The Hall–Kier alpha value is -4.46. The molecule has 2 aliphatic carbocycles. The molecule has 0 aromatic carbocycles. The van der Waals surface area contributed by atoms with Crippen molar-refractivity contribution in [1.82, 2.24) is 19.9 Å². The highest BCUT2D eigenvalue weighted by atomic mass is 16.5. The molecule has 0 unspecified atom stereocenters. The molecule has 5 heterocycles. The molecule has 4 atom stereocenters. The number of nitrogens with one attached hydrogen (secondary N) is 2. The Morgan fingerprint density at radius 1 is 0.593 bits per heavy atom. The molecule has 7 rings (SSSR count). The van der Waals surface area contributed by atoms with Crippen molar-refractivity contribution < 1.29 is 19.1 Å². The van der Waals surface area contributed by atoms with Gasteiger partial charge in [-0.1, -0.05) is 55.4 Å². The summed E-state index contributed by atoms with van der Waals surface area (Å²) in [5.74, 6) is -0.571. The summed E-state index contributed by atoms with van der Waals surface area (Å²) in [4.78, 5) is 47.1. The Balaban J connectivity index is 1.76. The number of nitrogens with zero attached hydrogens (tertiary/aromatic N) is 2. The summed E-state index contributed by atoms with van der Waals surface area (Å²) in [6.45, 7) is 22.0. The maximum atomic E-state index is 14.1. The Morgan fingerprint density at radius 3 is 1.30 bits per heavy atom. The van der Waals surface area contributed by atoms with Crippen LogP contribution in [0.25, 0.3) is 34.2 Å². The van der Waals surface area contributed by atoms with E-state index in [-0.39, 0.29) is 23.8 Å². The van der Waals surface area contributed by atoms with Crippen molar-refractivity contribution in [3.05, 3.63) is 79.4 Å². The molecule has 0 saturated heterocycles. The maximum absolute atomic E-state index is 14.1. The Labute approximate surface area is 320 Å². The van der Waals surface area contributed by atoms with Gasteiger partial charge in [-0.05, 0) is 112 Å². The Kier molecular flexibility index (Phi) is 10.0. The fourth-order valence-corrected chi connectivity index (χ4v) is 11.0. The van der Waals surface area contributed by atoms with Crippen LogP contribution >= 0.6 is 0 Å². The number of aromatic nitrogens is 4. The second-order valence-electron chi connectivity index (χ2n) is 15.2. The van der Waals surface area contributed by atoms with Gasteiger partial charge < -0.3 is 19.4 Å². The molecule has 8 bridgehead atoms. The van der Waals surface area contributed by atoms with Crippen molar-refractivity contribution in [3.8, 4) is 0 Å². The van der Waals surface area contributed by atoms with E-state index in [1.807, 2.05) is 13.8 Å². The first kappa shape index (κ1) is 37.8. The molecule has 8 heteroatoms. The number of hydrogen-bond donors (Lipinski definition) is 2. The molecule has 8 nitrogen and oxygen atoms in total. The third-order valence-corrected chi connectivity index (χ3v) is 13.2. The number of fused-ring (bicyclic) bond motifs is 8. The lowest BCUT2D eigenvalue weighted by Gasteiger charge is -2.33. The first-order valence-corrected chi connectivity index (χ1v) is 20.8. The van der Waals surface area contributed by atoms with Crippen molar-refractivity contribution in [2.75, 3.05) is 13.2 Å². The average molecular weight is 731 g/mol. The average Bonchev–Trinajstić information content (AvgIpc) is 3.98.